The molecule has 1 aromatic carbocycles. The van der Waals surface area contributed by atoms with Gasteiger partial charge < -0.3 is 21.7 Å². The number of nitrogens with one attached hydrogen (secondary N) is 1. The van der Waals surface area contributed by atoms with Crippen molar-refractivity contribution in [1.82, 2.24) is 10.2 Å². The summed E-state index contributed by atoms with van der Waals surface area (Å²) in [4.78, 5) is 34.2. The van der Waals surface area contributed by atoms with E-state index < -0.39 is 0 Å². The fraction of sp³-hybridized carbons (Fsp3) is 0.484. The number of amides is 3. The number of allylic oxidation sites excluding steroid dienone is 3. The Balaban J connectivity index is 0. The Bertz CT molecular complexity index is 836. The number of aryl methyl sites for hydroxylation is 1. The summed E-state index contributed by atoms with van der Waals surface area (Å²) in [5.74, 6) is -0.159. The van der Waals surface area contributed by atoms with Gasteiger partial charge in [0.15, 0.2) is 0 Å². The minimum Gasteiger partial charge on any atom is -0.372 e. The second kappa shape index (κ2) is 25.2. The summed E-state index contributed by atoms with van der Waals surface area (Å²) in [6.07, 6.45) is 14.5. The molecule has 7 heteroatoms. The fourth-order valence-corrected chi connectivity index (χ4v) is 4.13. The number of benzene rings is 1. The van der Waals surface area contributed by atoms with Crippen molar-refractivity contribution in [2.75, 3.05) is 6.54 Å². The van der Waals surface area contributed by atoms with E-state index in [0.29, 0.717) is 12.1 Å². The first-order chi connectivity index (χ1) is 18.4. The van der Waals surface area contributed by atoms with Crippen molar-refractivity contribution < 1.29 is 14.4 Å². The highest BCUT2D eigenvalue weighted by atomic mass is 16.2. The van der Waals surface area contributed by atoms with Crippen molar-refractivity contribution in [3.63, 3.8) is 0 Å². The van der Waals surface area contributed by atoms with Gasteiger partial charge in [-0.1, -0.05) is 82.8 Å². The van der Waals surface area contributed by atoms with Gasteiger partial charge in [0.25, 0.3) is 0 Å². The molecule has 7 nitrogen and oxygen atoms in total. The number of fused-ring (bicyclic) bond motifs is 1. The summed E-state index contributed by atoms with van der Waals surface area (Å²) in [5, 5.41) is 2.74. The Morgan fingerprint density at radius 2 is 1.68 bits per heavy atom. The lowest BCUT2D eigenvalue weighted by atomic mass is 10.1. The third kappa shape index (κ3) is 16.4. The molecule has 0 spiro atoms. The smallest absolute Gasteiger partial charge is 0.245 e. The van der Waals surface area contributed by atoms with Crippen LogP contribution in [0.25, 0.3) is 0 Å². The Kier molecular flexibility index (Phi) is 24.4. The minimum atomic E-state index is -0.364. The molecule has 0 bridgehead atoms. The van der Waals surface area contributed by atoms with Crippen molar-refractivity contribution in [2.45, 2.75) is 90.8 Å². The maximum absolute atomic E-state index is 12.4. The molecule has 2 aliphatic heterocycles. The zero-order chi connectivity index (χ0) is 29.2. The summed E-state index contributed by atoms with van der Waals surface area (Å²) < 4.78 is 0. The molecule has 212 valence electrons. The van der Waals surface area contributed by atoms with Crippen LogP contribution in [0, 0.1) is 0 Å². The van der Waals surface area contributed by atoms with Crippen molar-refractivity contribution >= 4 is 18.2 Å². The third-order valence-corrected chi connectivity index (χ3v) is 5.70. The van der Waals surface area contributed by atoms with Gasteiger partial charge in [-0.25, -0.2) is 0 Å². The SMILES string of the molecule is C=CC=C=CC=C.CC.CCCc1ccccc1.C[C@@H]1CC[C@@H]2CCC[C@H](NC(=O)CN)C(=O)N21.NC=O. The molecule has 5 N–H and O–H groups in total. The first-order valence-corrected chi connectivity index (χ1v) is 13.5. The minimum absolute atomic E-state index is 0.0528. The number of nitrogens with two attached hydrogens (primary N) is 2. The molecule has 2 heterocycles. The van der Waals surface area contributed by atoms with E-state index in [1.165, 1.54) is 18.4 Å². The van der Waals surface area contributed by atoms with Crippen molar-refractivity contribution in [1.29, 1.82) is 0 Å². The fourth-order valence-electron chi connectivity index (χ4n) is 4.13. The van der Waals surface area contributed by atoms with E-state index in [4.69, 9.17) is 10.5 Å². The van der Waals surface area contributed by atoms with Crippen LogP contribution in [0.2, 0.25) is 0 Å². The van der Waals surface area contributed by atoms with Crippen molar-refractivity contribution in [2.24, 2.45) is 11.5 Å². The zero-order valence-electron chi connectivity index (χ0n) is 23.9. The molecule has 2 fully saturated rings. The van der Waals surface area contributed by atoms with Gasteiger partial charge >= 0.3 is 0 Å². The standard InChI is InChI=1S/C12H21N3O2.C9H12.C7H8.C2H6.CH3NO/c1-8-5-6-9-3-2-4-10(12(17)15(8)9)14-11(16)7-13;1-2-6-9-7-4-3-5-8-9;1-3-5-7-6-4-2;1-2;2-1-3/h8-10H,2-7,13H2,1H3,(H,14,16);3-5,7-8H,2,6H2,1H3;3-6H,1-2H2;1-2H3;1H,(H2,2,3)/t8-,9+,10+;;;;/m1..../s1. The molecule has 38 heavy (non-hydrogen) atoms. The second-order valence-electron chi connectivity index (χ2n) is 8.42. The first-order valence-electron chi connectivity index (χ1n) is 13.5. The lowest BCUT2D eigenvalue weighted by molar-refractivity contribution is -0.137. The Labute approximate surface area is 230 Å². The van der Waals surface area contributed by atoms with E-state index in [1.807, 2.05) is 18.7 Å². The molecular weight excluding hydrogens is 476 g/mol. The van der Waals surface area contributed by atoms with Gasteiger partial charge in [-0.05, 0) is 63.2 Å². The monoisotopic (exact) mass is 526 g/mol. The highest BCUT2D eigenvalue weighted by Crippen LogP contribution is 2.31. The van der Waals surface area contributed by atoms with E-state index in [0.717, 1.165) is 32.1 Å². The lowest BCUT2D eigenvalue weighted by Crippen LogP contribution is -2.51. The van der Waals surface area contributed by atoms with Crippen molar-refractivity contribution in [3.8, 4) is 0 Å². The van der Waals surface area contributed by atoms with Gasteiger partial charge in [0.05, 0.1) is 6.54 Å². The van der Waals surface area contributed by atoms with E-state index >= 15 is 0 Å². The number of primary amides is 1. The van der Waals surface area contributed by atoms with E-state index in [9.17, 15) is 9.59 Å². The Hall–Kier alpha value is -3.41. The number of carbonyl (C=O) groups excluding carboxylic acids is 3. The number of hydrogen-bond acceptors (Lipinski definition) is 4. The van der Waals surface area contributed by atoms with Crippen LogP contribution >= 0.6 is 0 Å². The van der Waals surface area contributed by atoms with Crippen molar-refractivity contribution in [3.05, 3.63) is 79.1 Å². The van der Waals surface area contributed by atoms with Crippen LogP contribution in [0.5, 0.6) is 0 Å². The summed E-state index contributed by atoms with van der Waals surface area (Å²) in [5.41, 5.74) is 13.7. The van der Waals surface area contributed by atoms with Crippen LogP contribution < -0.4 is 16.8 Å². The quantitative estimate of drug-likeness (QED) is 0.279. The Morgan fingerprint density at radius 3 is 2.18 bits per heavy atom. The largest absolute Gasteiger partial charge is 0.372 e. The van der Waals surface area contributed by atoms with Crippen LogP contribution in [0.15, 0.2) is 73.5 Å². The van der Waals surface area contributed by atoms with Crippen LogP contribution in [0.1, 0.15) is 71.8 Å². The van der Waals surface area contributed by atoms with Gasteiger partial charge in [0.1, 0.15) is 6.04 Å². The van der Waals surface area contributed by atoms with Gasteiger partial charge in [-0.2, -0.15) is 0 Å². The number of carbonyl (C=O) groups is 3. The molecule has 0 unspecified atom stereocenters. The predicted molar refractivity (Wildman–Crippen MR) is 159 cm³/mol. The molecule has 2 aliphatic rings. The molecule has 1 aromatic rings. The average Bonchev–Trinajstić information content (AvgIpc) is 3.23. The summed E-state index contributed by atoms with van der Waals surface area (Å²) in [6.45, 7) is 15.2. The van der Waals surface area contributed by atoms with E-state index in [1.54, 1.807) is 24.3 Å². The molecule has 2 saturated heterocycles. The van der Waals surface area contributed by atoms with Gasteiger partial charge in [0, 0.05) is 12.1 Å². The number of nitrogens with zero attached hydrogens (tertiary/aromatic N) is 1. The van der Waals surface area contributed by atoms with Crippen LogP contribution in [0.4, 0.5) is 0 Å². The van der Waals surface area contributed by atoms with E-state index in [-0.39, 0.29) is 30.8 Å². The van der Waals surface area contributed by atoms with Crippen LogP contribution in [0.3, 0.4) is 0 Å². The maximum atomic E-state index is 12.4. The zero-order valence-corrected chi connectivity index (χ0v) is 23.9. The normalized spacial score (nSPS) is 18.6. The second-order valence-corrected chi connectivity index (χ2v) is 8.42. The molecular formula is C31H50N4O3. The van der Waals surface area contributed by atoms with Gasteiger partial charge in [-0.15, -0.1) is 5.73 Å². The summed E-state index contributed by atoms with van der Waals surface area (Å²) >= 11 is 0. The third-order valence-electron chi connectivity index (χ3n) is 5.70. The molecule has 0 radical (unpaired) electrons. The molecule has 0 aromatic heterocycles. The number of hydrogen-bond donors (Lipinski definition) is 3. The molecule has 0 saturated carbocycles. The Morgan fingerprint density at radius 1 is 1.11 bits per heavy atom. The maximum Gasteiger partial charge on any atom is 0.245 e. The predicted octanol–water partition coefficient (Wildman–Crippen LogP) is 4.83. The topological polar surface area (TPSA) is 119 Å². The first kappa shape index (κ1) is 36.7. The van der Waals surface area contributed by atoms with Crippen LogP contribution in [-0.2, 0) is 20.8 Å². The van der Waals surface area contributed by atoms with Gasteiger partial charge in [0.2, 0.25) is 18.2 Å². The lowest BCUT2D eigenvalue weighted by Gasteiger charge is -2.29. The highest BCUT2D eigenvalue weighted by molar-refractivity contribution is 5.89. The molecule has 3 rings (SSSR count). The summed E-state index contributed by atoms with van der Waals surface area (Å²) in [7, 11) is 0. The average molecular weight is 527 g/mol. The molecule has 3 atom stereocenters. The van der Waals surface area contributed by atoms with E-state index in [2.05, 4.69) is 74.1 Å². The molecule has 3 amide bonds. The molecule has 0 aliphatic carbocycles. The number of rotatable bonds is 6. The van der Waals surface area contributed by atoms with Crippen LogP contribution in [-0.4, -0.2) is 47.8 Å². The highest BCUT2D eigenvalue weighted by Gasteiger charge is 2.39. The van der Waals surface area contributed by atoms with Gasteiger partial charge in [-0.3, -0.25) is 14.4 Å². The summed E-state index contributed by atoms with van der Waals surface area (Å²) in [6, 6.07) is 10.9.